The van der Waals surface area contributed by atoms with E-state index in [1.54, 1.807) is 13.2 Å². The number of methoxy groups -OCH3 is 1. The van der Waals surface area contributed by atoms with Crippen molar-refractivity contribution in [1.82, 2.24) is 19.9 Å². The monoisotopic (exact) mass is 390 g/mol. The number of aryl methyl sites for hydroxylation is 1. The van der Waals surface area contributed by atoms with Crippen LogP contribution >= 0.6 is 0 Å². The second-order valence-electron chi connectivity index (χ2n) is 6.71. The second-order valence-corrected chi connectivity index (χ2v) is 6.71. The van der Waals surface area contributed by atoms with E-state index in [2.05, 4.69) is 19.9 Å². The topological polar surface area (TPSA) is 81.7 Å². The van der Waals surface area contributed by atoms with Crippen LogP contribution in [-0.4, -0.2) is 34.1 Å². The molecule has 0 saturated carbocycles. The lowest BCUT2D eigenvalue weighted by Gasteiger charge is -2.04. The minimum atomic E-state index is -0.0801. The number of hydrogen-bond acceptors (Lipinski definition) is 5. The van der Waals surface area contributed by atoms with Crippen molar-refractivity contribution in [1.29, 1.82) is 0 Å². The van der Waals surface area contributed by atoms with Crippen LogP contribution < -0.4 is 10.1 Å². The summed E-state index contributed by atoms with van der Waals surface area (Å²) in [7, 11) is 1.62. The van der Waals surface area contributed by atoms with Gasteiger partial charge in [0, 0.05) is 30.8 Å². The summed E-state index contributed by atoms with van der Waals surface area (Å²) in [6.45, 7) is 0.584. The third kappa shape index (κ3) is 4.45. The van der Waals surface area contributed by atoms with E-state index in [9.17, 15) is 4.79 Å². The van der Waals surface area contributed by atoms with Gasteiger partial charge in [-0.25, -0.2) is 4.98 Å². The van der Waals surface area contributed by atoms with Crippen molar-refractivity contribution in [3.05, 3.63) is 72.4 Å². The molecule has 148 valence electrons. The zero-order valence-corrected chi connectivity index (χ0v) is 16.2. The van der Waals surface area contributed by atoms with Crippen LogP contribution in [0.3, 0.4) is 0 Å². The van der Waals surface area contributed by atoms with E-state index in [-0.39, 0.29) is 12.3 Å². The van der Waals surface area contributed by atoms with Crippen molar-refractivity contribution in [2.24, 2.45) is 0 Å². The molecule has 29 heavy (non-hydrogen) atoms. The molecular formula is C22H22N4O3. The molecule has 4 rings (SSSR count). The van der Waals surface area contributed by atoms with Gasteiger partial charge in [0.15, 0.2) is 5.76 Å². The third-order valence-corrected chi connectivity index (χ3v) is 4.67. The minimum Gasteiger partial charge on any atom is -0.497 e. The number of benzene rings is 1. The number of amides is 1. The first-order valence-electron chi connectivity index (χ1n) is 9.50. The lowest BCUT2D eigenvalue weighted by atomic mass is 10.1. The molecule has 1 N–H and O–H groups in total. The first kappa shape index (κ1) is 18.7. The molecular weight excluding hydrogens is 368 g/mol. The zero-order chi connectivity index (χ0) is 20.1. The minimum absolute atomic E-state index is 0.0801. The average Bonchev–Trinajstić information content (AvgIpc) is 3.38. The number of ether oxygens (including phenoxy) is 1. The SMILES string of the molecule is COc1cccc(-c2cc(CC(=O)NCCCc3ncc4ccccn34)no2)c1. The number of hydrogen-bond donors (Lipinski definition) is 1. The molecule has 0 bridgehead atoms. The molecule has 1 aromatic carbocycles. The number of fused-ring (bicyclic) bond motifs is 1. The summed E-state index contributed by atoms with van der Waals surface area (Å²) in [5, 5.41) is 6.93. The Bertz CT molecular complexity index is 1120. The summed E-state index contributed by atoms with van der Waals surface area (Å²) in [4.78, 5) is 16.6. The molecule has 3 heterocycles. The Labute approximate surface area is 168 Å². The summed E-state index contributed by atoms with van der Waals surface area (Å²) < 4.78 is 12.7. The van der Waals surface area contributed by atoms with Gasteiger partial charge in [0.05, 0.1) is 30.9 Å². The highest BCUT2D eigenvalue weighted by molar-refractivity contribution is 5.78. The van der Waals surface area contributed by atoms with E-state index >= 15 is 0 Å². The van der Waals surface area contributed by atoms with Gasteiger partial charge in [-0.2, -0.15) is 0 Å². The van der Waals surface area contributed by atoms with Crippen molar-refractivity contribution in [2.45, 2.75) is 19.3 Å². The Morgan fingerprint density at radius 3 is 3.03 bits per heavy atom. The lowest BCUT2D eigenvalue weighted by Crippen LogP contribution is -2.26. The normalized spacial score (nSPS) is 10.9. The number of pyridine rings is 1. The van der Waals surface area contributed by atoms with Crippen LogP contribution in [-0.2, 0) is 17.6 Å². The van der Waals surface area contributed by atoms with Crippen molar-refractivity contribution >= 4 is 11.4 Å². The molecule has 3 aromatic heterocycles. The van der Waals surface area contributed by atoms with Crippen LogP contribution in [0.15, 0.2) is 65.4 Å². The van der Waals surface area contributed by atoms with E-state index < -0.39 is 0 Å². The second kappa shape index (κ2) is 8.60. The Kier molecular flexibility index (Phi) is 5.56. The Morgan fingerprint density at radius 1 is 1.21 bits per heavy atom. The van der Waals surface area contributed by atoms with Gasteiger partial charge in [-0.05, 0) is 30.7 Å². The molecule has 0 unspecified atom stereocenters. The molecule has 0 radical (unpaired) electrons. The van der Waals surface area contributed by atoms with E-state index in [1.807, 2.05) is 54.9 Å². The Hall–Kier alpha value is -3.61. The number of carbonyl (C=O) groups is 1. The molecule has 0 fully saturated rings. The fourth-order valence-electron chi connectivity index (χ4n) is 3.19. The number of aromatic nitrogens is 3. The molecule has 0 atom stereocenters. The molecule has 7 nitrogen and oxygen atoms in total. The van der Waals surface area contributed by atoms with Gasteiger partial charge in [-0.3, -0.25) is 4.79 Å². The van der Waals surface area contributed by atoms with E-state index in [4.69, 9.17) is 9.26 Å². The predicted octanol–water partition coefficient (Wildman–Crippen LogP) is 3.29. The van der Waals surface area contributed by atoms with Crippen LogP contribution in [0.25, 0.3) is 16.8 Å². The van der Waals surface area contributed by atoms with Crippen molar-refractivity contribution < 1.29 is 14.1 Å². The van der Waals surface area contributed by atoms with Crippen LogP contribution in [0.4, 0.5) is 0 Å². The van der Waals surface area contributed by atoms with Gasteiger partial charge < -0.3 is 19.0 Å². The summed E-state index contributed by atoms with van der Waals surface area (Å²) in [5.74, 6) is 2.26. The van der Waals surface area contributed by atoms with E-state index in [0.29, 0.717) is 18.0 Å². The van der Waals surface area contributed by atoms with Crippen LogP contribution in [0, 0.1) is 0 Å². The number of rotatable bonds is 8. The fraction of sp³-hybridized carbons (Fsp3) is 0.227. The molecule has 0 aliphatic carbocycles. The maximum Gasteiger partial charge on any atom is 0.226 e. The number of nitrogens with zero attached hydrogens (tertiary/aromatic N) is 3. The number of carbonyl (C=O) groups excluding carboxylic acids is 1. The Balaban J connectivity index is 1.26. The lowest BCUT2D eigenvalue weighted by molar-refractivity contribution is -0.120. The van der Waals surface area contributed by atoms with E-state index in [1.165, 1.54) is 0 Å². The first-order chi connectivity index (χ1) is 14.2. The molecule has 0 aliphatic heterocycles. The van der Waals surface area contributed by atoms with Gasteiger partial charge in [-0.15, -0.1) is 0 Å². The van der Waals surface area contributed by atoms with Crippen LogP contribution in [0.2, 0.25) is 0 Å². The van der Waals surface area contributed by atoms with Gasteiger partial charge in [0.25, 0.3) is 0 Å². The maximum absolute atomic E-state index is 12.2. The highest BCUT2D eigenvalue weighted by Crippen LogP contribution is 2.24. The Morgan fingerprint density at radius 2 is 2.14 bits per heavy atom. The quantitative estimate of drug-likeness (QED) is 0.467. The first-order valence-corrected chi connectivity index (χ1v) is 9.50. The standard InChI is InChI=1S/C22H22N4O3/c1-28-19-8-4-6-16(12-19)20-13-17(25-29-20)14-22(27)23-10-5-9-21-24-15-18-7-2-3-11-26(18)21/h2-4,6-8,11-13,15H,5,9-10,14H2,1H3,(H,23,27). The number of imidazole rings is 1. The fourth-order valence-corrected chi connectivity index (χ4v) is 3.19. The average molecular weight is 390 g/mol. The van der Waals surface area contributed by atoms with Crippen molar-refractivity contribution in [3.63, 3.8) is 0 Å². The summed E-state index contributed by atoms with van der Waals surface area (Å²) >= 11 is 0. The van der Waals surface area contributed by atoms with Crippen molar-refractivity contribution in [2.75, 3.05) is 13.7 Å². The van der Waals surface area contributed by atoms with Crippen LogP contribution in [0.1, 0.15) is 17.9 Å². The number of nitrogens with one attached hydrogen (secondary N) is 1. The van der Waals surface area contributed by atoms with Crippen LogP contribution in [0.5, 0.6) is 5.75 Å². The molecule has 4 aromatic rings. The van der Waals surface area contributed by atoms with Gasteiger partial charge in [-0.1, -0.05) is 23.4 Å². The predicted molar refractivity (Wildman–Crippen MR) is 109 cm³/mol. The highest BCUT2D eigenvalue weighted by Gasteiger charge is 2.11. The molecule has 0 saturated heterocycles. The maximum atomic E-state index is 12.2. The smallest absolute Gasteiger partial charge is 0.226 e. The summed E-state index contributed by atoms with van der Waals surface area (Å²) in [6.07, 6.45) is 5.65. The molecule has 0 aliphatic rings. The molecule has 0 spiro atoms. The molecule has 7 heteroatoms. The van der Waals surface area contributed by atoms with Gasteiger partial charge in [0.2, 0.25) is 5.91 Å². The largest absolute Gasteiger partial charge is 0.497 e. The third-order valence-electron chi connectivity index (χ3n) is 4.67. The van der Waals surface area contributed by atoms with E-state index in [0.717, 1.165) is 35.5 Å². The highest BCUT2D eigenvalue weighted by atomic mass is 16.5. The van der Waals surface area contributed by atoms with Crippen molar-refractivity contribution in [3.8, 4) is 17.1 Å². The zero-order valence-electron chi connectivity index (χ0n) is 16.2. The van der Waals surface area contributed by atoms with Gasteiger partial charge in [0.1, 0.15) is 11.6 Å². The summed E-state index contributed by atoms with van der Waals surface area (Å²) in [6, 6.07) is 15.3. The molecule has 1 amide bonds. The summed E-state index contributed by atoms with van der Waals surface area (Å²) in [5.41, 5.74) is 2.53. The van der Waals surface area contributed by atoms with Gasteiger partial charge >= 0.3 is 0 Å².